The summed E-state index contributed by atoms with van der Waals surface area (Å²) in [5.74, 6) is -0.228. The highest BCUT2D eigenvalue weighted by Crippen LogP contribution is 2.28. The smallest absolute Gasteiger partial charge is 0.291 e. The summed E-state index contributed by atoms with van der Waals surface area (Å²) in [6.45, 7) is 8.65. The van der Waals surface area contributed by atoms with E-state index >= 15 is 0 Å². The molecule has 2 aromatic rings. The number of sulfonamides is 1. The number of aryl methyl sites for hydroxylation is 1. The summed E-state index contributed by atoms with van der Waals surface area (Å²) in [5.41, 5.74) is 1.74. The molecule has 0 radical (unpaired) electrons. The molecule has 2 N–H and O–H groups in total. The summed E-state index contributed by atoms with van der Waals surface area (Å²) in [6, 6.07) is 6.37. The minimum absolute atomic E-state index is 0.134. The number of hydrogen-bond donors (Lipinski definition) is 2. The van der Waals surface area contributed by atoms with Crippen LogP contribution < -0.4 is 10.6 Å². The number of nitrogens with one attached hydrogen (secondary N) is 2. The van der Waals surface area contributed by atoms with Crippen molar-refractivity contribution in [3.63, 3.8) is 0 Å². The van der Waals surface area contributed by atoms with Gasteiger partial charge in [0.25, 0.3) is 5.91 Å². The van der Waals surface area contributed by atoms with Crippen LogP contribution in [-0.4, -0.2) is 38.3 Å². The van der Waals surface area contributed by atoms with Crippen LogP contribution in [0.1, 0.15) is 36.9 Å². The van der Waals surface area contributed by atoms with Crippen LogP contribution in [0, 0.1) is 6.92 Å². The third kappa shape index (κ3) is 4.08. The minimum Gasteiger partial charge on any atom is -0.459 e. The first-order chi connectivity index (χ1) is 12.3. The molecule has 2 rings (SSSR count). The van der Waals surface area contributed by atoms with Gasteiger partial charge in [0.2, 0.25) is 10.0 Å². The Hall–Kier alpha value is -2.32. The Morgan fingerprint density at radius 2 is 1.81 bits per heavy atom. The molecule has 0 saturated heterocycles. The van der Waals surface area contributed by atoms with Crippen molar-refractivity contribution in [2.75, 3.05) is 30.3 Å². The van der Waals surface area contributed by atoms with Crippen LogP contribution in [0.4, 0.5) is 11.4 Å². The van der Waals surface area contributed by atoms with Crippen molar-refractivity contribution in [1.29, 1.82) is 0 Å². The van der Waals surface area contributed by atoms with Gasteiger partial charge in [0.1, 0.15) is 0 Å². The molecule has 1 aromatic carbocycles. The molecule has 0 atom stereocenters. The number of hydrogen-bond acceptors (Lipinski definition) is 5. The summed E-state index contributed by atoms with van der Waals surface area (Å²) < 4.78 is 32.1. The largest absolute Gasteiger partial charge is 0.459 e. The third-order valence-corrected chi connectivity index (χ3v) is 6.06. The molecular formula is C18H25N3O4S. The predicted molar refractivity (Wildman–Crippen MR) is 102 cm³/mol. The SMILES string of the molecule is CCNc1ccc(S(=O)(=O)N(CC)CC)cc1NC(=O)c1occc1C. The van der Waals surface area contributed by atoms with Gasteiger partial charge in [0.05, 0.1) is 22.5 Å². The Balaban J connectivity index is 2.43. The Morgan fingerprint density at radius 1 is 1.12 bits per heavy atom. The van der Waals surface area contributed by atoms with E-state index in [4.69, 9.17) is 4.42 Å². The highest BCUT2D eigenvalue weighted by atomic mass is 32.2. The van der Waals surface area contributed by atoms with E-state index in [1.165, 1.54) is 16.6 Å². The number of anilines is 2. The molecule has 26 heavy (non-hydrogen) atoms. The van der Waals surface area contributed by atoms with Gasteiger partial charge in [-0.05, 0) is 38.1 Å². The molecule has 0 bridgehead atoms. The zero-order valence-electron chi connectivity index (χ0n) is 15.5. The van der Waals surface area contributed by atoms with E-state index in [9.17, 15) is 13.2 Å². The lowest BCUT2D eigenvalue weighted by Crippen LogP contribution is -2.30. The molecule has 7 nitrogen and oxygen atoms in total. The molecule has 0 fully saturated rings. The van der Waals surface area contributed by atoms with Crippen LogP contribution >= 0.6 is 0 Å². The van der Waals surface area contributed by atoms with Crippen LogP contribution in [0.2, 0.25) is 0 Å². The fourth-order valence-electron chi connectivity index (χ4n) is 2.63. The highest BCUT2D eigenvalue weighted by Gasteiger charge is 2.23. The van der Waals surface area contributed by atoms with Crippen LogP contribution in [0.15, 0.2) is 39.8 Å². The number of benzene rings is 1. The van der Waals surface area contributed by atoms with Crippen molar-refractivity contribution in [3.05, 3.63) is 41.9 Å². The van der Waals surface area contributed by atoms with Gasteiger partial charge >= 0.3 is 0 Å². The molecule has 8 heteroatoms. The number of nitrogens with zero attached hydrogens (tertiary/aromatic N) is 1. The van der Waals surface area contributed by atoms with E-state index in [2.05, 4.69) is 10.6 Å². The molecule has 1 aromatic heterocycles. The van der Waals surface area contributed by atoms with Crippen molar-refractivity contribution in [2.24, 2.45) is 0 Å². The van der Waals surface area contributed by atoms with E-state index in [1.54, 1.807) is 39.0 Å². The van der Waals surface area contributed by atoms with Crippen LogP contribution in [0.3, 0.4) is 0 Å². The number of carbonyl (C=O) groups excluding carboxylic acids is 1. The summed E-state index contributed by atoms with van der Waals surface area (Å²) in [4.78, 5) is 12.6. The standard InChI is InChI=1S/C18H25N3O4S/c1-5-19-15-9-8-14(26(23,24)21(6-2)7-3)12-16(15)20-18(22)17-13(4)10-11-25-17/h8-12,19H,5-7H2,1-4H3,(H,20,22). The normalized spacial score (nSPS) is 11.6. The van der Waals surface area contributed by atoms with Gasteiger partial charge in [-0.3, -0.25) is 4.79 Å². The Bertz CT molecular complexity index is 870. The molecule has 1 amide bonds. The fourth-order valence-corrected chi connectivity index (χ4v) is 4.11. The zero-order valence-corrected chi connectivity index (χ0v) is 16.3. The van der Waals surface area contributed by atoms with Crippen molar-refractivity contribution in [1.82, 2.24) is 4.31 Å². The zero-order chi connectivity index (χ0) is 19.3. The van der Waals surface area contributed by atoms with Gasteiger partial charge in [-0.25, -0.2) is 8.42 Å². The van der Waals surface area contributed by atoms with E-state index in [-0.39, 0.29) is 10.7 Å². The minimum atomic E-state index is -3.62. The Morgan fingerprint density at radius 3 is 2.35 bits per heavy atom. The van der Waals surface area contributed by atoms with Crippen molar-refractivity contribution in [3.8, 4) is 0 Å². The van der Waals surface area contributed by atoms with Gasteiger partial charge in [0, 0.05) is 25.2 Å². The van der Waals surface area contributed by atoms with E-state index < -0.39 is 15.9 Å². The molecule has 0 saturated carbocycles. The van der Waals surface area contributed by atoms with Gasteiger partial charge < -0.3 is 15.1 Å². The second-order valence-electron chi connectivity index (χ2n) is 5.71. The fraction of sp³-hybridized carbons (Fsp3) is 0.389. The van der Waals surface area contributed by atoms with E-state index in [1.807, 2.05) is 6.92 Å². The topological polar surface area (TPSA) is 91.7 Å². The summed E-state index contributed by atoms with van der Waals surface area (Å²) >= 11 is 0. The summed E-state index contributed by atoms with van der Waals surface area (Å²) in [7, 11) is -3.62. The Labute approximate surface area is 154 Å². The Kier molecular flexibility index (Phi) is 6.44. The first kappa shape index (κ1) is 20.0. The molecule has 142 valence electrons. The number of rotatable bonds is 8. The summed E-state index contributed by atoms with van der Waals surface area (Å²) in [6.07, 6.45) is 1.44. The lowest BCUT2D eigenvalue weighted by Gasteiger charge is -2.20. The van der Waals surface area contributed by atoms with Crippen LogP contribution in [-0.2, 0) is 10.0 Å². The highest BCUT2D eigenvalue weighted by molar-refractivity contribution is 7.89. The second-order valence-corrected chi connectivity index (χ2v) is 7.65. The lowest BCUT2D eigenvalue weighted by molar-refractivity contribution is 0.0996. The molecule has 0 unspecified atom stereocenters. The number of amides is 1. The maximum absolute atomic E-state index is 12.8. The van der Waals surface area contributed by atoms with Crippen molar-refractivity contribution < 1.29 is 17.6 Å². The number of carbonyl (C=O) groups is 1. The maximum Gasteiger partial charge on any atom is 0.291 e. The van der Waals surface area contributed by atoms with E-state index in [0.29, 0.717) is 36.6 Å². The summed E-state index contributed by atoms with van der Waals surface area (Å²) in [5, 5.41) is 5.87. The average Bonchev–Trinajstić information content (AvgIpc) is 3.03. The van der Waals surface area contributed by atoms with Crippen molar-refractivity contribution >= 4 is 27.3 Å². The second kappa shape index (κ2) is 8.37. The molecule has 0 aliphatic rings. The molecule has 0 aliphatic carbocycles. The third-order valence-electron chi connectivity index (χ3n) is 4.02. The van der Waals surface area contributed by atoms with Crippen LogP contribution in [0.25, 0.3) is 0 Å². The van der Waals surface area contributed by atoms with Gasteiger partial charge in [0.15, 0.2) is 5.76 Å². The van der Waals surface area contributed by atoms with Gasteiger partial charge in [-0.2, -0.15) is 4.31 Å². The first-order valence-corrected chi connectivity index (χ1v) is 10.0. The van der Waals surface area contributed by atoms with Gasteiger partial charge in [-0.15, -0.1) is 0 Å². The number of furan rings is 1. The maximum atomic E-state index is 12.8. The predicted octanol–water partition coefficient (Wildman–Crippen LogP) is 3.30. The van der Waals surface area contributed by atoms with Crippen molar-refractivity contribution in [2.45, 2.75) is 32.6 Å². The monoisotopic (exact) mass is 379 g/mol. The molecule has 0 aliphatic heterocycles. The van der Waals surface area contributed by atoms with Gasteiger partial charge in [-0.1, -0.05) is 13.8 Å². The van der Waals surface area contributed by atoms with Crippen LogP contribution in [0.5, 0.6) is 0 Å². The first-order valence-electron chi connectivity index (χ1n) is 8.58. The molecular weight excluding hydrogens is 354 g/mol. The quantitative estimate of drug-likeness (QED) is 0.734. The average molecular weight is 379 g/mol. The lowest BCUT2D eigenvalue weighted by atomic mass is 10.2. The van der Waals surface area contributed by atoms with E-state index in [0.717, 1.165) is 0 Å². The molecule has 1 heterocycles. The molecule has 0 spiro atoms.